The molecule has 3 rings (SSSR count). The Morgan fingerprint density at radius 3 is 2.74 bits per heavy atom. The number of anilines is 1. The zero-order valence-electron chi connectivity index (χ0n) is 11.0. The number of carbonyl (C=O) groups is 1. The van der Waals surface area contributed by atoms with Gasteiger partial charge in [-0.2, -0.15) is 4.37 Å². The first-order chi connectivity index (χ1) is 9.26. The van der Waals surface area contributed by atoms with Crippen LogP contribution in [0.5, 0.6) is 0 Å². The fourth-order valence-corrected chi connectivity index (χ4v) is 3.03. The van der Waals surface area contributed by atoms with Gasteiger partial charge in [0, 0.05) is 36.6 Å². The average Bonchev–Trinajstić information content (AvgIpc) is 3.20. The van der Waals surface area contributed by atoms with Gasteiger partial charge in [-0.05, 0) is 25.7 Å². The fraction of sp³-hybridized carbons (Fsp3) is 0.750. The van der Waals surface area contributed by atoms with Gasteiger partial charge in [0.05, 0.1) is 7.11 Å². The molecule has 1 aliphatic carbocycles. The molecular weight excluding hydrogens is 264 g/mol. The lowest BCUT2D eigenvalue weighted by Gasteiger charge is -2.31. The number of amides is 1. The standard InChI is InChI=1S/C12H18N4O2S/c1-18-12(17)16-6-4-9(5-7-16)13-11-14-10(15-19-11)8-2-3-8/h8-9H,2-7H2,1H3,(H,13,14,15). The van der Waals surface area contributed by atoms with Crippen LogP contribution in [0.2, 0.25) is 0 Å². The molecule has 7 heteroatoms. The third kappa shape index (κ3) is 2.97. The number of rotatable bonds is 3. The molecule has 2 aliphatic rings. The van der Waals surface area contributed by atoms with E-state index in [9.17, 15) is 4.79 Å². The summed E-state index contributed by atoms with van der Waals surface area (Å²) in [6.07, 6.45) is 4.08. The van der Waals surface area contributed by atoms with Gasteiger partial charge in [0.1, 0.15) is 5.82 Å². The SMILES string of the molecule is COC(=O)N1CCC(Nc2nc(C3CC3)ns2)CC1. The maximum Gasteiger partial charge on any atom is 0.409 e. The molecule has 0 radical (unpaired) electrons. The zero-order chi connectivity index (χ0) is 13.2. The number of hydrogen-bond acceptors (Lipinski definition) is 6. The Balaban J connectivity index is 1.49. The largest absolute Gasteiger partial charge is 0.453 e. The molecule has 1 saturated carbocycles. The van der Waals surface area contributed by atoms with Crippen LogP contribution in [-0.2, 0) is 4.74 Å². The summed E-state index contributed by atoms with van der Waals surface area (Å²) < 4.78 is 9.11. The van der Waals surface area contributed by atoms with Gasteiger partial charge in [0.25, 0.3) is 0 Å². The second-order valence-corrected chi connectivity index (χ2v) is 5.86. The van der Waals surface area contributed by atoms with Crippen LogP contribution in [0.1, 0.15) is 37.4 Å². The highest BCUT2D eigenvalue weighted by Gasteiger charge is 2.28. The number of methoxy groups -OCH3 is 1. The van der Waals surface area contributed by atoms with Crippen LogP contribution in [-0.4, -0.2) is 46.6 Å². The second-order valence-electron chi connectivity index (χ2n) is 5.11. The van der Waals surface area contributed by atoms with E-state index < -0.39 is 0 Å². The van der Waals surface area contributed by atoms with Crippen molar-refractivity contribution in [3.05, 3.63) is 5.82 Å². The van der Waals surface area contributed by atoms with Gasteiger partial charge >= 0.3 is 6.09 Å². The summed E-state index contributed by atoms with van der Waals surface area (Å²) in [5, 5.41) is 4.34. The summed E-state index contributed by atoms with van der Waals surface area (Å²) in [7, 11) is 1.42. The molecule has 1 aromatic heterocycles. The van der Waals surface area contributed by atoms with E-state index in [2.05, 4.69) is 14.7 Å². The molecule has 1 saturated heterocycles. The van der Waals surface area contributed by atoms with Crippen molar-refractivity contribution in [2.75, 3.05) is 25.5 Å². The highest BCUT2D eigenvalue weighted by atomic mass is 32.1. The molecule has 2 heterocycles. The van der Waals surface area contributed by atoms with Crippen molar-refractivity contribution in [3.63, 3.8) is 0 Å². The maximum absolute atomic E-state index is 11.4. The molecule has 0 aromatic carbocycles. The van der Waals surface area contributed by atoms with Crippen LogP contribution in [0.15, 0.2) is 0 Å². The quantitative estimate of drug-likeness (QED) is 0.919. The first-order valence-electron chi connectivity index (χ1n) is 6.69. The van der Waals surface area contributed by atoms with E-state index in [0.717, 1.165) is 36.9 Å². The summed E-state index contributed by atoms with van der Waals surface area (Å²) in [6.45, 7) is 1.47. The number of nitrogens with zero attached hydrogens (tertiary/aromatic N) is 3. The lowest BCUT2D eigenvalue weighted by Crippen LogP contribution is -2.42. The molecule has 0 atom stereocenters. The van der Waals surface area contributed by atoms with Crippen LogP contribution >= 0.6 is 11.5 Å². The number of aromatic nitrogens is 2. The number of likely N-dealkylation sites (tertiary alicyclic amines) is 1. The van der Waals surface area contributed by atoms with Crippen LogP contribution in [0.3, 0.4) is 0 Å². The summed E-state index contributed by atoms with van der Waals surface area (Å²) >= 11 is 1.45. The molecule has 19 heavy (non-hydrogen) atoms. The smallest absolute Gasteiger partial charge is 0.409 e. The molecule has 0 unspecified atom stereocenters. The number of ether oxygens (including phenoxy) is 1. The Labute approximate surface area is 116 Å². The van der Waals surface area contributed by atoms with Crippen LogP contribution in [0.25, 0.3) is 0 Å². The van der Waals surface area contributed by atoms with Gasteiger partial charge < -0.3 is 15.0 Å². The molecule has 1 aliphatic heterocycles. The predicted octanol–water partition coefficient (Wildman–Crippen LogP) is 2.06. The summed E-state index contributed by atoms with van der Waals surface area (Å²) in [5.74, 6) is 1.60. The van der Waals surface area contributed by atoms with Gasteiger partial charge in [-0.15, -0.1) is 0 Å². The third-order valence-corrected chi connectivity index (χ3v) is 4.30. The van der Waals surface area contributed by atoms with Gasteiger partial charge in [-0.25, -0.2) is 9.78 Å². The van der Waals surface area contributed by atoms with Crippen molar-refractivity contribution in [3.8, 4) is 0 Å². The van der Waals surface area contributed by atoms with E-state index >= 15 is 0 Å². The monoisotopic (exact) mass is 282 g/mol. The number of carbonyl (C=O) groups excluding carboxylic acids is 1. The lowest BCUT2D eigenvalue weighted by atomic mass is 10.1. The Kier molecular flexibility index (Phi) is 3.54. The van der Waals surface area contributed by atoms with Crippen LogP contribution in [0, 0.1) is 0 Å². The highest BCUT2D eigenvalue weighted by Crippen LogP contribution is 2.39. The Morgan fingerprint density at radius 2 is 2.11 bits per heavy atom. The van der Waals surface area contributed by atoms with E-state index in [1.807, 2.05) is 0 Å². The van der Waals surface area contributed by atoms with Crippen molar-refractivity contribution in [1.29, 1.82) is 0 Å². The third-order valence-electron chi connectivity index (χ3n) is 3.64. The minimum atomic E-state index is -0.231. The van der Waals surface area contributed by atoms with Gasteiger partial charge in [0.15, 0.2) is 0 Å². The van der Waals surface area contributed by atoms with Crippen molar-refractivity contribution in [1.82, 2.24) is 14.3 Å². The van der Waals surface area contributed by atoms with E-state index in [4.69, 9.17) is 4.74 Å². The molecule has 0 bridgehead atoms. The molecule has 0 spiro atoms. The van der Waals surface area contributed by atoms with E-state index in [0.29, 0.717) is 12.0 Å². The van der Waals surface area contributed by atoms with E-state index in [1.165, 1.54) is 31.5 Å². The average molecular weight is 282 g/mol. The molecule has 1 N–H and O–H groups in total. The molecule has 6 nitrogen and oxygen atoms in total. The Hall–Kier alpha value is -1.37. The van der Waals surface area contributed by atoms with Gasteiger partial charge in [-0.3, -0.25) is 0 Å². The first-order valence-corrected chi connectivity index (χ1v) is 7.46. The predicted molar refractivity (Wildman–Crippen MR) is 72.5 cm³/mol. The van der Waals surface area contributed by atoms with Gasteiger partial charge in [0.2, 0.25) is 5.13 Å². The summed E-state index contributed by atoms with van der Waals surface area (Å²) in [4.78, 5) is 17.7. The summed E-state index contributed by atoms with van der Waals surface area (Å²) in [6, 6.07) is 0.376. The zero-order valence-corrected chi connectivity index (χ0v) is 11.8. The minimum absolute atomic E-state index is 0.231. The topological polar surface area (TPSA) is 67.3 Å². The van der Waals surface area contributed by atoms with Crippen molar-refractivity contribution >= 4 is 22.8 Å². The number of piperidine rings is 1. The Morgan fingerprint density at radius 1 is 1.37 bits per heavy atom. The highest BCUT2D eigenvalue weighted by molar-refractivity contribution is 7.09. The fourth-order valence-electron chi connectivity index (χ4n) is 2.31. The molecule has 104 valence electrons. The summed E-state index contributed by atoms with van der Waals surface area (Å²) in [5.41, 5.74) is 0. The lowest BCUT2D eigenvalue weighted by molar-refractivity contribution is 0.113. The van der Waals surface area contributed by atoms with E-state index in [1.54, 1.807) is 4.90 Å². The number of hydrogen-bond donors (Lipinski definition) is 1. The van der Waals surface area contributed by atoms with Crippen LogP contribution < -0.4 is 5.32 Å². The normalized spacial score (nSPS) is 20.4. The van der Waals surface area contributed by atoms with Gasteiger partial charge in [-0.1, -0.05) is 0 Å². The molecular formula is C12H18N4O2S. The maximum atomic E-state index is 11.4. The van der Waals surface area contributed by atoms with Crippen molar-refractivity contribution in [2.45, 2.75) is 37.6 Å². The Bertz CT molecular complexity index is 452. The molecule has 1 aromatic rings. The van der Waals surface area contributed by atoms with Crippen molar-refractivity contribution in [2.24, 2.45) is 0 Å². The van der Waals surface area contributed by atoms with E-state index in [-0.39, 0.29) is 6.09 Å². The minimum Gasteiger partial charge on any atom is -0.453 e. The number of nitrogens with one attached hydrogen (secondary N) is 1. The molecule has 1 amide bonds. The van der Waals surface area contributed by atoms with Crippen LogP contribution in [0.4, 0.5) is 9.93 Å². The first kappa shape index (κ1) is 12.7. The molecule has 2 fully saturated rings. The second kappa shape index (κ2) is 5.32. The van der Waals surface area contributed by atoms with Crippen molar-refractivity contribution < 1.29 is 9.53 Å².